The van der Waals surface area contributed by atoms with E-state index in [2.05, 4.69) is 28.4 Å². The Bertz CT molecular complexity index is 440. The molecular formula is C17H26N2O. The molecule has 3 nitrogen and oxygen atoms in total. The van der Waals surface area contributed by atoms with Crippen molar-refractivity contribution in [2.75, 3.05) is 31.6 Å². The summed E-state index contributed by atoms with van der Waals surface area (Å²) in [6.07, 6.45) is 8.03. The van der Waals surface area contributed by atoms with Crippen molar-refractivity contribution in [2.45, 2.75) is 44.1 Å². The van der Waals surface area contributed by atoms with Gasteiger partial charge in [-0.1, -0.05) is 25.3 Å². The number of nitrogens with zero attached hydrogens (tertiary/aromatic N) is 1. The summed E-state index contributed by atoms with van der Waals surface area (Å²) < 4.78 is 5.37. The minimum Gasteiger partial charge on any atom is -0.497 e. The second-order valence-corrected chi connectivity index (χ2v) is 6.24. The quantitative estimate of drug-likeness (QED) is 0.896. The van der Waals surface area contributed by atoms with Gasteiger partial charge in [0.2, 0.25) is 0 Å². The molecule has 20 heavy (non-hydrogen) atoms. The molecule has 0 aromatic heterocycles. The predicted octanol–water partition coefficient (Wildman–Crippen LogP) is 3.20. The van der Waals surface area contributed by atoms with E-state index in [4.69, 9.17) is 4.74 Å². The van der Waals surface area contributed by atoms with Crippen LogP contribution in [0.3, 0.4) is 0 Å². The lowest BCUT2D eigenvalue weighted by Gasteiger charge is -2.40. The van der Waals surface area contributed by atoms with Crippen LogP contribution in [0.1, 0.15) is 38.5 Å². The maximum absolute atomic E-state index is 5.37. The molecule has 1 aliphatic carbocycles. The lowest BCUT2D eigenvalue weighted by molar-refractivity contribution is 0.246. The van der Waals surface area contributed by atoms with Crippen molar-refractivity contribution in [3.63, 3.8) is 0 Å². The Balaban J connectivity index is 1.80. The number of hydrogen-bond donors (Lipinski definition) is 1. The molecule has 110 valence electrons. The van der Waals surface area contributed by atoms with E-state index in [1.54, 1.807) is 7.11 Å². The summed E-state index contributed by atoms with van der Waals surface area (Å²) in [4.78, 5) is 2.55. The molecule has 2 aliphatic rings. The Morgan fingerprint density at radius 1 is 1.15 bits per heavy atom. The van der Waals surface area contributed by atoms with Gasteiger partial charge in [-0.25, -0.2) is 0 Å². The fraction of sp³-hybridized carbons (Fsp3) is 0.647. The maximum Gasteiger partial charge on any atom is 0.120 e. The first-order valence-electron chi connectivity index (χ1n) is 7.95. The van der Waals surface area contributed by atoms with Crippen LogP contribution in [0.2, 0.25) is 0 Å². The van der Waals surface area contributed by atoms with Gasteiger partial charge in [0.05, 0.1) is 7.11 Å². The maximum atomic E-state index is 5.37. The fourth-order valence-corrected chi connectivity index (χ4v) is 3.71. The lowest BCUT2D eigenvalue weighted by Crippen LogP contribution is -2.52. The largest absolute Gasteiger partial charge is 0.497 e. The van der Waals surface area contributed by atoms with Crippen molar-refractivity contribution in [1.29, 1.82) is 0 Å². The van der Waals surface area contributed by atoms with Crippen LogP contribution < -0.4 is 15.0 Å². The Kier molecular flexibility index (Phi) is 4.16. The highest BCUT2D eigenvalue weighted by atomic mass is 16.5. The van der Waals surface area contributed by atoms with Gasteiger partial charge in [-0.15, -0.1) is 0 Å². The zero-order chi connectivity index (χ0) is 13.8. The van der Waals surface area contributed by atoms with Crippen LogP contribution in [0.15, 0.2) is 24.3 Å². The van der Waals surface area contributed by atoms with Crippen molar-refractivity contribution >= 4 is 5.69 Å². The van der Waals surface area contributed by atoms with Gasteiger partial charge < -0.3 is 15.0 Å². The summed E-state index contributed by atoms with van der Waals surface area (Å²) in [6, 6.07) is 8.50. The molecule has 0 radical (unpaired) electrons. The van der Waals surface area contributed by atoms with E-state index in [9.17, 15) is 0 Å². The predicted molar refractivity (Wildman–Crippen MR) is 83.6 cm³/mol. The molecule has 1 heterocycles. The van der Waals surface area contributed by atoms with Crippen LogP contribution in [-0.4, -0.2) is 32.3 Å². The van der Waals surface area contributed by atoms with E-state index >= 15 is 0 Å². The molecule has 1 saturated heterocycles. The van der Waals surface area contributed by atoms with E-state index in [0.29, 0.717) is 5.54 Å². The van der Waals surface area contributed by atoms with Crippen molar-refractivity contribution in [2.24, 2.45) is 0 Å². The highest BCUT2D eigenvalue weighted by Gasteiger charge is 2.34. The molecular weight excluding hydrogens is 248 g/mol. The van der Waals surface area contributed by atoms with E-state index < -0.39 is 0 Å². The summed E-state index contributed by atoms with van der Waals surface area (Å²) in [5.41, 5.74) is 1.65. The average Bonchev–Trinajstić information content (AvgIpc) is 2.71. The van der Waals surface area contributed by atoms with Crippen LogP contribution in [0.5, 0.6) is 5.75 Å². The first kappa shape index (κ1) is 13.7. The van der Waals surface area contributed by atoms with Gasteiger partial charge in [0.1, 0.15) is 5.75 Å². The number of nitrogens with one attached hydrogen (secondary N) is 1. The van der Waals surface area contributed by atoms with Crippen molar-refractivity contribution in [3.05, 3.63) is 24.3 Å². The van der Waals surface area contributed by atoms with Gasteiger partial charge in [-0.2, -0.15) is 0 Å². The molecule has 1 aliphatic heterocycles. The first-order valence-corrected chi connectivity index (χ1v) is 7.95. The monoisotopic (exact) mass is 274 g/mol. The summed E-state index contributed by atoms with van der Waals surface area (Å²) in [5.74, 6) is 0.956. The third-order valence-electron chi connectivity index (χ3n) is 4.83. The lowest BCUT2D eigenvalue weighted by atomic mass is 9.81. The Hall–Kier alpha value is -1.22. The van der Waals surface area contributed by atoms with Crippen LogP contribution in [0, 0.1) is 0 Å². The number of methoxy groups -OCH3 is 1. The minimum atomic E-state index is 0.345. The zero-order valence-corrected chi connectivity index (χ0v) is 12.5. The zero-order valence-electron chi connectivity index (χ0n) is 12.5. The molecule has 0 bridgehead atoms. The van der Waals surface area contributed by atoms with Gasteiger partial charge in [-0.3, -0.25) is 0 Å². The van der Waals surface area contributed by atoms with Crippen molar-refractivity contribution < 1.29 is 4.74 Å². The summed E-state index contributed by atoms with van der Waals surface area (Å²) >= 11 is 0. The number of anilines is 1. The van der Waals surface area contributed by atoms with Crippen LogP contribution >= 0.6 is 0 Å². The molecule has 1 aromatic rings. The standard InChI is InChI=1S/C17H26N2O/c1-20-16-8-5-7-15(13-16)19-12-6-11-18-17(14-19)9-3-2-4-10-17/h5,7-8,13,18H,2-4,6,9-12,14H2,1H3. The molecule has 1 saturated carbocycles. The number of ether oxygens (including phenoxy) is 1. The third-order valence-corrected chi connectivity index (χ3v) is 4.83. The van der Waals surface area contributed by atoms with Gasteiger partial charge in [0.15, 0.2) is 0 Å². The SMILES string of the molecule is COc1cccc(N2CCCNC3(CCCCC3)C2)c1. The smallest absolute Gasteiger partial charge is 0.120 e. The summed E-state index contributed by atoms with van der Waals surface area (Å²) in [7, 11) is 1.74. The van der Waals surface area contributed by atoms with Gasteiger partial charge >= 0.3 is 0 Å². The second kappa shape index (κ2) is 6.04. The average molecular weight is 274 g/mol. The normalized spacial score (nSPS) is 22.6. The molecule has 3 heteroatoms. The van der Waals surface area contributed by atoms with Crippen LogP contribution in [0.25, 0.3) is 0 Å². The Labute approximate surface area is 122 Å². The molecule has 0 amide bonds. The minimum absolute atomic E-state index is 0.345. The van der Waals surface area contributed by atoms with Crippen molar-refractivity contribution in [1.82, 2.24) is 5.32 Å². The molecule has 1 N–H and O–H groups in total. The van der Waals surface area contributed by atoms with Gasteiger partial charge in [0.25, 0.3) is 0 Å². The summed E-state index contributed by atoms with van der Waals surface area (Å²) in [6.45, 7) is 3.43. The third kappa shape index (κ3) is 2.93. The summed E-state index contributed by atoms with van der Waals surface area (Å²) in [5, 5.41) is 3.85. The number of rotatable bonds is 2. The molecule has 1 aromatic carbocycles. The first-order chi connectivity index (χ1) is 9.81. The Morgan fingerprint density at radius 2 is 2.00 bits per heavy atom. The van der Waals surface area contributed by atoms with E-state index in [0.717, 1.165) is 25.4 Å². The van der Waals surface area contributed by atoms with E-state index in [1.807, 2.05) is 6.07 Å². The fourth-order valence-electron chi connectivity index (χ4n) is 3.71. The molecule has 0 atom stereocenters. The second-order valence-electron chi connectivity index (χ2n) is 6.24. The van der Waals surface area contributed by atoms with Gasteiger partial charge in [-0.05, 0) is 37.9 Å². The molecule has 3 rings (SSSR count). The number of hydrogen-bond acceptors (Lipinski definition) is 3. The van der Waals surface area contributed by atoms with Crippen LogP contribution in [-0.2, 0) is 0 Å². The highest BCUT2D eigenvalue weighted by Crippen LogP contribution is 2.32. The van der Waals surface area contributed by atoms with Crippen molar-refractivity contribution in [3.8, 4) is 5.75 Å². The van der Waals surface area contributed by atoms with E-state index in [1.165, 1.54) is 44.2 Å². The van der Waals surface area contributed by atoms with Gasteiger partial charge in [0, 0.05) is 30.4 Å². The highest BCUT2D eigenvalue weighted by molar-refractivity contribution is 5.51. The Morgan fingerprint density at radius 3 is 2.80 bits per heavy atom. The van der Waals surface area contributed by atoms with Crippen LogP contribution in [0.4, 0.5) is 5.69 Å². The van der Waals surface area contributed by atoms with E-state index in [-0.39, 0.29) is 0 Å². The number of benzene rings is 1. The molecule has 0 unspecified atom stereocenters. The molecule has 2 fully saturated rings. The topological polar surface area (TPSA) is 24.5 Å². The molecule has 1 spiro atoms.